The zero-order valence-corrected chi connectivity index (χ0v) is 13.4. The summed E-state index contributed by atoms with van der Waals surface area (Å²) in [6.07, 6.45) is 2.19. The normalized spacial score (nSPS) is 20.6. The first-order valence-electron chi connectivity index (χ1n) is 6.80. The van der Waals surface area contributed by atoms with Crippen molar-refractivity contribution in [3.8, 4) is 0 Å². The third-order valence-electron chi connectivity index (χ3n) is 3.73. The second kappa shape index (κ2) is 6.43. The van der Waals surface area contributed by atoms with Crippen LogP contribution in [0.15, 0.2) is 10.3 Å². The molecule has 1 saturated heterocycles. The van der Waals surface area contributed by atoms with Crippen molar-refractivity contribution in [3.63, 3.8) is 0 Å². The molecule has 0 radical (unpaired) electrons. The van der Waals surface area contributed by atoms with Crippen molar-refractivity contribution in [1.29, 1.82) is 0 Å². The number of nitrogens with zero attached hydrogens (tertiary/aromatic N) is 1. The highest BCUT2D eigenvalue weighted by molar-refractivity contribution is 7.89. The fraction of sp³-hybridized carbons (Fsp3) is 0.615. The predicted octanol–water partition coefficient (Wildman–Crippen LogP) is 1.54. The molecule has 1 aromatic rings. The van der Waals surface area contributed by atoms with Crippen LogP contribution in [0.2, 0.25) is 0 Å². The van der Waals surface area contributed by atoms with Gasteiger partial charge in [0.25, 0.3) is 0 Å². The standard InChI is InChI=1S/C13H19NO5S2/c1-9-8-20-11(13(16)17)12(9)21(18,19)14-5-2-3-10(7-14)4-6-15/h8,10,15H,2-7H2,1H3,(H,16,17). The second-order valence-electron chi connectivity index (χ2n) is 5.27. The summed E-state index contributed by atoms with van der Waals surface area (Å²) in [5.74, 6) is -1.08. The Morgan fingerprint density at radius 3 is 2.86 bits per heavy atom. The van der Waals surface area contributed by atoms with E-state index in [2.05, 4.69) is 0 Å². The maximum Gasteiger partial charge on any atom is 0.347 e. The van der Waals surface area contributed by atoms with Crippen LogP contribution in [0.5, 0.6) is 0 Å². The van der Waals surface area contributed by atoms with Gasteiger partial charge in [-0.25, -0.2) is 13.2 Å². The highest BCUT2D eigenvalue weighted by Crippen LogP contribution is 2.32. The molecule has 2 rings (SSSR count). The van der Waals surface area contributed by atoms with E-state index in [1.165, 1.54) is 4.31 Å². The molecule has 0 saturated carbocycles. The molecule has 0 bridgehead atoms. The maximum absolute atomic E-state index is 12.8. The van der Waals surface area contributed by atoms with Crippen LogP contribution < -0.4 is 0 Å². The largest absolute Gasteiger partial charge is 0.477 e. The van der Waals surface area contributed by atoms with E-state index in [0.29, 0.717) is 25.1 Å². The minimum absolute atomic E-state index is 0.0381. The number of aliphatic hydroxyl groups is 1. The van der Waals surface area contributed by atoms with Gasteiger partial charge in [0.1, 0.15) is 9.77 Å². The van der Waals surface area contributed by atoms with Gasteiger partial charge in [-0.15, -0.1) is 11.3 Å². The van der Waals surface area contributed by atoms with Crippen LogP contribution in [0.25, 0.3) is 0 Å². The van der Waals surface area contributed by atoms with E-state index in [9.17, 15) is 18.3 Å². The number of aromatic carboxylic acids is 1. The first-order valence-corrected chi connectivity index (χ1v) is 9.12. The number of carboxylic acids is 1. The van der Waals surface area contributed by atoms with Crippen LogP contribution in [0.4, 0.5) is 0 Å². The van der Waals surface area contributed by atoms with Crippen LogP contribution in [-0.4, -0.2) is 48.6 Å². The minimum atomic E-state index is -3.79. The number of hydrogen-bond donors (Lipinski definition) is 2. The number of aliphatic hydroxyl groups excluding tert-OH is 1. The van der Waals surface area contributed by atoms with Gasteiger partial charge in [0.15, 0.2) is 0 Å². The number of thiophene rings is 1. The van der Waals surface area contributed by atoms with E-state index in [0.717, 1.165) is 24.2 Å². The number of piperidine rings is 1. The zero-order valence-electron chi connectivity index (χ0n) is 11.8. The van der Waals surface area contributed by atoms with Gasteiger partial charge in [0.2, 0.25) is 10.0 Å². The molecule has 6 nitrogen and oxygen atoms in total. The van der Waals surface area contributed by atoms with E-state index >= 15 is 0 Å². The lowest BCUT2D eigenvalue weighted by Gasteiger charge is -2.31. The molecule has 1 aliphatic rings. The topological polar surface area (TPSA) is 94.9 Å². The van der Waals surface area contributed by atoms with Crippen LogP contribution in [0.1, 0.15) is 34.5 Å². The molecule has 21 heavy (non-hydrogen) atoms. The average Bonchev–Trinajstić information content (AvgIpc) is 2.82. The lowest BCUT2D eigenvalue weighted by molar-refractivity contribution is 0.0698. The van der Waals surface area contributed by atoms with Gasteiger partial charge >= 0.3 is 5.97 Å². The Hall–Kier alpha value is -0.960. The zero-order chi connectivity index (χ0) is 15.6. The van der Waals surface area contributed by atoms with Crippen molar-refractivity contribution in [2.24, 2.45) is 5.92 Å². The first-order chi connectivity index (χ1) is 9.87. The SMILES string of the molecule is Cc1csc(C(=O)O)c1S(=O)(=O)N1CCCC(CCO)C1. The second-order valence-corrected chi connectivity index (χ2v) is 8.02. The molecule has 1 atom stereocenters. The Kier molecular flexibility index (Phi) is 5.03. The van der Waals surface area contributed by atoms with Gasteiger partial charge in [0.05, 0.1) is 0 Å². The molecule has 0 aliphatic carbocycles. The van der Waals surface area contributed by atoms with Crippen LogP contribution in [-0.2, 0) is 10.0 Å². The summed E-state index contributed by atoms with van der Waals surface area (Å²) in [6.45, 7) is 2.40. The Balaban J connectivity index is 2.34. The monoisotopic (exact) mass is 333 g/mol. The highest BCUT2D eigenvalue weighted by atomic mass is 32.2. The van der Waals surface area contributed by atoms with Gasteiger partial charge in [-0.3, -0.25) is 0 Å². The number of hydrogen-bond acceptors (Lipinski definition) is 5. The van der Waals surface area contributed by atoms with Crippen LogP contribution in [0, 0.1) is 12.8 Å². The van der Waals surface area contributed by atoms with Gasteiger partial charge in [-0.05, 0) is 43.0 Å². The average molecular weight is 333 g/mol. The van der Waals surface area contributed by atoms with E-state index in [1.54, 1.807) is 12.3 Å². The van der Waals surface area contributed by atoms with Gasteiger partial charge in [-0.1, -0.05) is 0 Å². The first kappa shape index (κ1) is 16.4. The molecule has 1 fully saturated rings. The number of carboxylic acid groups (broad SMARTS) is 1. The smallest absolute Gasteiger partial charge is 0.347 e. The Bertz CT molecular complexity index is 621. The molecule has 1 aliphatic heterocycles. The number of aryl methyl sites for hydroxylation is 1. The van der Waals surface area contributed by atoms with Crippen molar-refractivity contribution < 1.29 is 23.4 Å². The number of carbonyl (C=O) groups is 1. The number of sulfonamides is 1. The molecule has 8 heteroatoms. The minimum Gasteiger partial charge on any atom is -0.477 e. The summed E-state index contributed by atoms with van der Waals surface area (Å²) >= 11 is 0.941. The molecular formula is C13H19NO5S2. The van der Waals surface area contributed by atoms with Crippen LogP contribution >= 0.6 is 11.3 Å². The molecule has 1 aromatic heterocycles. The van der Waals surface area contributed by atoms with Crippen molar-refractivity contribution in [3.05, 3.63) is 15.8 Å². The van der Waals surface area contributed by atoms with Crippen molar-refractivity contribution in [2.45, 2.75) is 31.1 Å². The Morgan fingerprint density at radius 2 is 2.24 bits per heavy atom. The Labute approximate surface area is 128 Å². The van der Waals surface area contributed by atoms with Crippen LogP contribution in [0.3, 0.4) is 0 Å². The van der Waals surface area contributed by atoms with Crippen molar-refractivity contribution in [2.75, 3.05) is 19.7 Å². The summed E-state index contributed by atoms with van der Waals surface area (Å²) in [6, 6.07) is 0. The summed E-state index contributed by atoms with van der Waals surface area (Å²) < 4.78 is 26.9. The molecule has 0 spiro atoms. The van der Waals surface area contributed by atoms with Crippen molar-refractivity contribution >= 4 is 27.3 Å². The Morgan fingerprint density at radius 1 is 1.52 bits per heavy atom. The molecule has 0 aromatic carbocycles. The van der Waals surface area contributed by atoms with Gasteiger partial charge in [0, 0.05) is 19.7 Å². The third-order valence-corrected chi connectivity index (χ3v) is 7.00. The predicted molar refractivity (Wildman–Crippen MR) is 79.2 cm³/mol. The fourth-order valence-corrected chi connectivity index (χ4v) is 5.83. The summed E-state index contributed by atoms with van der Waals surface area (Å²) in [7, 11) is -3.79. The summed E-state index contributed by atoms with van der Waals surface area (Å²) in [5.41, 5.74) is 0.474. The van der Waals surface area contributed by atoms with E-state index < -0.39 is 16.0 Å². The van der Waals surface area contributed by atoms with Crippen molar-refractivity contribution in [1.82, 2.24) is 4.31 Å². The van der Waals surface area contributed by atoms with Gasteiger partial charge in [-0.2, -0.15) is 4.31 Å². The molecule has 1 unspecified atom stereocenters. The van der Waals surface area contributed by atoms with E-state index in [4.69, 9.17) is 5.11 Å². The summed E-state index contributed by atoms with van der Waals surface area (Å²) in [5, 5.41) is 19.7. The van der Waals surface area contributed by atoms with Gasteiger partial charge < -0.3 is 10.2 Å². The summed E-state index contributed by atoms with van der Waals surface area (Å²) in [4.78, 5) is 11.0. The third kappa shape index (κ3) is 3.28. The maximum atomic E-state index is 12.8. The quantitative estimate of drug-likeness (QED) is 0.852. The fourth-order valence-electron chi connectivity index (χ4n) is 2.69. The molecule has 2 N–H and O–H groups in total. The lowest BCUT2D eigenvalue weighted by Crippen LogP contribution is -2.40. The molecule has 2 heterocycles. The highest BCUT2D eigenvalue weighted by Gasteiger charge is 2.35. The lowest BCUT2D eigenvalue weighted by atomic mass is 9.97. The molecular weight excluding hydrogens is 314 g/mol. The van der Waals surface area contributed by atoms with E-state index in [1.807, 2.05) is 0 Å². The molecule has 0 amide bonds. The molecule has 118 valence electrons. The van der Waals surface area contributed by atoms with E-state index in [-0.39, 0.29) is 22.3 Å². The number of rotatable bonds is 5.